The average molecular weight is 402 g/mol. The van der Waals surface area contributed by atoms with Crippen LogP contribution in [0.4, 0.5) is 11.4 Å². The van der Waals surface area contributed by atoms with Crippen LogP contribution in [0, 0.1) is 0 Å². The third kappa shape index (κ3) is 4.64. The summed E-state index contributed by atoms with van der Waals surface area (Å²) in [6.07, 6.45) is 1.54. The summed E-state index contributed by atoms with van der Waals surface area (Å²) in [5.41, 5.74) is 1.34. The number of anilines is 2. The Bertz CT molecular complexity index is 983. The van der Waals surface area contributed by atoms with Gasteiger partial charge in [0.25, 0.3) is 5.91 Å². The molecule has 0 radical (unpaired) electrons. The molecule has 0 aliphatic rings. The van der Waals surface area contributed by atoms with Crippen LogP contribution in [0.25, 0.3) is 0 Å². The lowest BCUT2D eigenvalue weighted by Crippen LogP contribution is -2.14. The molecule has 1 aromatic heterocycles. The number of benzene rings is 2. The van der Waals surface area contributed by atoms with Crippen LogP contribution in [0.3, 0.4) is 0 Å². The molecule has 1 atom stereocenters. The predicted octanol–water partition coefficient (Wildman–Crippen LogP) is 4.13. The molecule has 0 aliphatic carbocycles. The maximum absolute atomic E-state index is 12.7. The van der Waals surface area contributed by atoms with Gasteiger partial charge in [-0.3, -0.25) is 14.5 Å². The topological polar surface area (TPSA) is 80.3 Å². The van der Waals surface area contributed by atoms with Gasteiger partial charge in [-0.15, -0.1) is 0 Å². The fourth-order valence-electron chi connectivity index (χ4n) is 2.29. The second-order valence-corrected chi connectivity index (χ2v) is 6.97. The van der Waals surface area contributed by atoms with Crippen molar-refractivity contribution in [2.75, 3.05) is 17.1 Å². The van der Waals surface area contributed by atoms with Gasteiger partial charge in [-0.05, 0) is 36.4 Å². The van der Waals surface area contributed by atoms with Crippen LogP contribution in [0.2, 0.25) is 5.02 Å². The third-order valence-electron chi connectivity index (χ3n) is 3.60. The molecule has 27 heavy (non-hydrogen) atoms. The Morgan fingerprint density at radius 1 is 1.11 bits per heavy atom. The van der Waals surface area contributed by atoms with E-state index in [4.69, 9.17) is 16.3 Å². The van der Waals surface area contributed by atoms with E-state index in [1.54, 1.807) is 66.9 Å². The fraction of sp³-hybridized carbons (Fsp3) is 0.0526. The van der Waals surface area contributed by atoms with E-state index >= 15 is 0 Å². The minimum Gasteiger partial charge on any atom is -0.495 e. The molecule has 0 saturated carbocycles. The van der Waals surface area contributed by atoms with Gasteiger partial charge in [0.2, 0.25) is 0 Å². The smallest absolute Gasteiger partial charge is 0.274 e. The molecule has 6 nitrogen and oxygen atoms in total. The summed E-state index contributed by atoms with van der Waals surface area (Å²) < 4.78 is 20.8. The number of nitrogens with zero attached hydrogens (tertiary/aromatic N) is 1. The maximum atomic E-state index is 12.7. The summed E-state index contributed by atoms with van der Waals surface area (Å²) in [4.78, 5) is 16.6. The zero-order chi connectivity index (χ0) is 19.2. The number of amides is 1. The second kappa shape index (κ2) is 8.66. The lowest BCUT2D eigenvalue weighted by molar-refractivity contribution is 0.102. The van der Waals surface area contributed by atoms with Gasteiger partial charge in [0.1, 0.15) is 16.3 Å². The van der Waals surface area contributed by atoms with Crippen LogP contribution in [0.15, 0.2) is 71.8 Å². The molecule has 0 spiro atoms. The van der Waals surface area contributed by atoms with E-state index in [-0.39, 0.29) is 5.91 Å². The van der Waals surface area contributed by atoms with Gasteiger partial charge >= 0.3 is 0 Å². The van der Waals surface area contributed by atoms with E-state index in [0.29, 0.717) is 32.7 Å². The summed E-state index contributed by atoms with van der Waals surface area (Å²) in [7, 11) is -0.129. The average Bonchev–Trinajstić information content (AvgIpc) is 2.70. The molecular weight excluding hydrogens is 386 g/mol. The van der Waals surface area contributed by atoms with Crippen LogP contribution in [-0.4, -0.2) is 22.2 Å². The Morgan fingerprint density at radius 3 is 2.59 bits per heavy atom. The van der Waals surface area contributed by atoms with Gasteiger partial charge in [0.15, 0.2) is 11.0 Å². The van der Waals surface area contributed by atoms with Crippen molar-refractivity contribution in [2.45, 2.75) is 4.90 Å². The van der Waals surface area contributed by atoms with Crippen molar-refractivity contribution in [3.63, 3.8) is 0 Å². The molecule has 0 bridgehead atoms. The molecule has 2 N–H and O–H groups in total. The minimum atomic E-state index is -1.60. The highest BCUT2D eigenvalue weighted by molar-refractivity contribution is 7.86. The molecule has 1 unspecified atom stereocenters. The number of carbonyl (C=O) groups excluding carboxylic acids is 1. The van der Waals surface area contributed by atoms with Crippen LogP contribution in [-0.2, 0) is 11.0 Å². The lowest BCUT2D eigenvalue weighted by Gasteiger charge is -2.13. The quantitative estimate of drug-likeness (QED) is 0.650. The summed E-state index contributed by atoms with van der Waals surface area (Å²) >= 11 is 6.09. The molecule has 138 valence electrons. The highest BCUT2D eigenvalue weighted by atomic mass is 35.5. The van der Waals surface area contributed by atoms with E-state index in [0.717, 1.165) is 0 Å². The van der Waals surface area contributed by atoms with Gasteiger partial charge in [0.05, 0.1) is 17.8 Å². The van der Waals surface area contributed by atoms with Crippen molar-refractivity contribution in [1.29, 1.82) is 0 Å². The van der Waals surface area contributed by atoms with Crippen molar-refractivity contribution in [3.05, 3.63) is 77.6 Å². The molecule has 1 amide bonds. The molecule has 1 heterocycles. The zero-order valence-corrected chi connectivity index (χ0v) is 15.9. The van der Waals surface area contributed by atoms with Gasteiger partial charge in [-0.2, -0.15) is 0 Å². The molecule has 0 fully saturated rings. The van der Waals surface area contributed by atoms with Crippen molar-refractivity contribution < 1.29 is 13.7 Å². The predicted molar refractivity (Wildman–Crippen MR) is 107 cm³/mol. The SMILES string of the molecule is COc1cc(NC(=O)c2ccccn2)ccc1S(=O)Nc1ccccc1Cl. The summed E-state index contributed by atoms with van der Waals surface area (Å²) in [6.45, 7) is 0. The first-order chi connectivity index (χ1) is 13.1. The summed E-state index contributed by atoms with van der Waals surface area (Å²) in [6, 6.07) is 17.0. The standard InChI is InChI=1S/C19H16ClN3O3S/c1-26-17-12-13(22-19(24)16-8-4-5-11-21-16)9-10-18(17)27(25)23-15-7-3-2-6-14(15)20/h2-12,23H,1H3,(H,22,24). The Hall–Kier alpha value is -2.90. The van der Waals surface area contributed by atoms with Gasteiger partial charge in [0, 0.05) is 18.0 Å². The molecule has 2 aromatic carbocycles. The Balaban J connectivity index is 1.79. The number of hydrogen-bond donors (Lipinski definition) is 2. The van der Waals surface area contributed by atoms with E-state index in [1.165, 1.54) is 7.11 Å². The van der Waals surface area contributed by atoms with E-state index in [1.807, 2.05) is 0 Å². The Kier molecular flexibility index (Phi) is 6.05. The van der Waals surface area contributed by atoms with Crippen LogP contribution >= 0.6 is 11.6 Å². The molecule has 3 aromatic rings. The first kappa shape index (κ1) is 18.9. The van der Waals surface area contributed by atoms with Gasteiger partial charge < -0.3 is 10.1 Å². The molecule has 0 saturated heterocycles. The Labute approximate surface area is 164 Å². The monoisotopic (exact) mass is 401 g/mol. The largest absolute Gasteiger partial charge is 0.495 e. The van der Waals surface area contributed by atoms with Crippen LogP contribution in [0.1, 0.15) is 10.5 Å². The first-order valence-electron chi connectivity index (χ1n) is 7.92. The normalized spacial score (nSPS) is 11.5. The number of hydrogen-bond acceptors (Lipinski definition) is 4. The van der Waals surface area contributed by atoms with Crippen molar-refractivity contribution in [3.8, 4) is 5.75 Å². The molecule has 8 heteroatoms. The zero-order valence-electron chi connectivity index (χ0n) is 14.3. The van der Waals surface area contributed by atoms with Gasteiger partial charge in [-0.25, -0.2) is 4.21 Å². The van der Waals surface area contributed by atoms with E-state index in [2.05, 4.69) is 15.0 Å². The minimum absolute atomic E-state index is 0.296. The number of rotatable bonds is 6. The lowest BCUT2D eigenvalue weighted by atomic mass is 10.2. The number of aromatic nitrogens is 1. The first-order valence-corrected chi connectivity index (χ1v) is 9.44. The van der Waals surface area contributed by atoms with E-state index < -0.39 is 11.0 Å². The van der Waals surface area contributed by atoms with Crippen LogP contribution in [0.5, 0.6) is 5.75 Å². The number of ether oxygens (including phenoxy) is 1. The number of para-hydroxylation sites is 1. The number of methoxy groups -OCH3 is 1. The number of pyridine rings is 1. The molecule has 3 rings (SSSR count). The van der Waals surface area contributed by atoms with Crippen molar-refractivity contribution >= 4 is 39.9 Å². The number of halogens is 1. The summed E-state index contributed by atoms with van der Waals surface area (Å²) in [5, 5.41) is 3.20. The van der Waals surface area contributed by atoms with Gasteiger partial charge in [-0.1, -0.05) is 29.8 Å². The molecular formula is C19H16ClN3O3S. The highest BCUT2D eigenvalue weighted by Gasteiger charge is 2.14. The Morgan fingerprint density at radius 2 is 1.89 bits per heavy atom. The molecule has 0 aliphatic heterocycles. The maximum Gasteiger partial charge on any atom is 0.274 e. The number of nitrogens with one attached hydrogen (secondary N) is 2. The van der Waals surface area contributed by atoms with Crippen LogP contribution < -0.4 is 14.8 Å². The van der Waals surface area contributed by atoms with Crippen molar-refractivity contribution in [2.24, 2.45) is 0 Å². The third-order valence-corrected chi connectivity index (χ3v) is 5.07. The fourth-order valence-corrected chi connectivity index (χ4v) is 3.53. The highest BCUT2D eigenvalue weighted by Crippen LogP contribution is 2.29. The van der Waals surface area contributed by atoms with Crippen molar-refractivity contribution in [1.82, 2.24) is 4.98 Å². The summed E-state index contributed by atoms with van der Waals surface area (Å²) in [5.74, 6) is 0.0208. The second-order valence-electron chi connectivity index (χ2n) is 5.39. The number of carbonyl (C=O) groups is 1. The van der Waals surface area contributed by atoms with E-state index in [9.17, 15) is 9.00 Å².